The number of hydrogen-bond acceptors (Lipinski definition) is 4. The van der Waals surface area contributed by atoms with Crippen LogP contribution in [0.4, 0.5) is 50.9 Å². The summed E-state index contributed by atoms with van der Waals surface area (Å²) in [6.07, 6.45) is -12.3. The van der Waals surface area contributed by atoms with Crippen LogP contribution >= 0.6 is 0 Å². The maximum Gasteiger partial charge on any atom is 0.416 e. The fourth-order valence-corrected chi connectivity index (χ4v) is 5.49. The van der Waals surface area contributed by atoms with Crippen LogP contribution in [0, 0.1) is 0 Å². The summed E-state index contributed by atoms with van der Waals surface area (Å²) in [5.74, 6) is -2.79. The van der Waals surface area contributed by atoms with E-state index < -0.39 is 72.4 Å². The van der Waals surface area contributed by atoms with Crippen molar-refractivity contribution in [3.05, 3.63) is 94.5 Å². The van der Waals surface area contributed by atoms with Crippen molar-refractivity contribution in [3.63, 3.8) is 0 Å². The highest BCUT2D eigenvalue weighted by atomic mass is 19.4. The summed E-state index contributed by atoms with van der Waals surface area (Å²) in [5, 5.41) is 22.7. The molecule has 3 aromatic carbocycles. The van der Waals surface area contributed by atoms with Crippen LogP contribution in [0.15, 0.2) is 71.7 Å². The number of halogens is 9. The Balaban J connectivity index is 1.75. The number of hydrogen-bond donors (Lipinski definition) is 4. The summed E-state index contributed by atoms with van der Waals surface area (Å²) in [6, 6.07) is 12.6. The molecule has 0 aliphatic heterocycles. The molecule has 0 bridgehead atoms. The number of nitrogens with zero attached hydrogens (tertiary/aromatic N) is 2. The van der Waals surface area contributed by atoms with Gasteiger partial charge in [-0.15, -0.1) is 0 Å². The summed E-state index contributed by atoms with van der Waals surface area (Å²) in [5.41, 5.74) is -2.70. The fraction of sp³-hybridized carbons (Fsp3) is 0.382. The summed E-state index contributed by atoms with van der Waals surface area (Å²) >= 11 is 0. The smallest absolute Gasteiger partial charge is 0.416 e. The average Bonchev–Trinajstić information content (AvgIpc) is 3.07. The number of carbonyl (C=O) groups is 2. The second-order valence-electron chi connectivity index (χ2n) is 11.9. The Morgan fingerprint density at radius 2 is 1.39 bits per heavy atom. The number of aliphatic carboxylic acids is 1. The molecule has 3 aromatic rings. The molecule has 0 heterocycles. The average molecular weight is 733 g/mol. The van der Waals surface area contributed by atoms with E-state index in [1.54, 1.807) is 24.3 Å². The van der Waals surface area contributed by atoms with E-state index in [1.165, 1.54) is 24.3 Å². The Morgan fingerprint density at radius 1 is 0.824 bits per heavy atom. The van der Waals surface area contributed by atoms with Gasteiger partial charge in [-0.25, -0.2) is 9.79 Å². The van der Waals surface area contributed by atoms with E-state index in [1.807, 2.05) is 0 Å². The first kappa shape index (κ1) is 39.0. The van der Waals surface area contributed by atoms with Crippen molar-refractivity contribution in [2.24, 2.45) is 4.99 Å². The molecular weight excluding hydrogens is 699 g/mol. The van der Waals surface area contributed by atoms with E-state index in [9.17, 15) is 54.2 Å². The zero-order valence-corrected chi connectivity index (χ0v) is 26.7. The van der Waals surface area contributed by atoms with Gasteiger partial charge in [0.2, 0.25) is 5.96 Å². The Kier molecular flexibility index (Phi) is 12.3. The number of nitrogens with one attached hydrogen (secondary N) is 2. The van der Waals surface area contributed by atoms with Crippen molar-refractivity contribution in [1.82, 2.24) is 5.32 Å². The standard InChI is InChI=1S/C34H33F9N4O4/c35-32(36,37)19-45-31(46-26-15-24(33(38,39)40)14-25(16-26)34(41,42)43)47(27-12-10-22(11-13-27)21-4-2-1-3-5-21)18-20-6-8-23(9-7-20)29(49)44-17-28(48)30(50)51/h6-16,21,28,48H,1-5,17-19H2,(H,44,49)(H,45,46)(H,50,51)/t28-/m1/s1. The quantitative estimate of drug-likeness (QED) is 0.0956. The van der Waals surface area contributed by atoms with Crippen LogP contribution in [0.5, 0.6) is 0 Å². The number of aliphatic hydroxyl groups is 1. The van der Waals surface area contributed by atoms with Gasteiger partial charge >= 0.3 is 24.5 Å². The van der Waals surface area contributed by atoms with Gasteiger partial charge in [0, 0.05) is 16.9 Å². The summed E-state index contributed by atoms with van der Waals surface area (Å²) < 4.78 is 122. The van der Waals surface area contributed by atoms with Gasteiger partial charge in [0.05, 0.1) is 24.2 Å². The third-order valence-corrected chi connectivity index (χ3v) is 8.09. The van der Waals surface area contributed by atoms with E-state index in [2.05, 4.69) is 15.6 Å². The highest BCUT2D eigenvalue weighted by molar-refractivity contribution is 6.05. The van der Waals surface area contributed by atoms with Crippen molar-refractivity contribution < 1.29 is 59.3 Å². The van der Waals surface area contributed by atoms with Gasteiger partial charge in [0.1, 0.15) is 6.54 Å². The number of aliphatic hydroxyl groups excluding tert-OH is 1. The predicted octanol–water partition coefficient (Wildman–Crippen LogP) is 7.98. The lowest BCUT2D eigenvalue weighted by atomic mass is 9.84. The number of benzene rings is 3. The highest BCUT2D eigenvalue weighted by Gasteiger charge is 2.37. The number of alkyl halides is 9. The number of anilines is 2. The van der Waals surface area contributed by atoms with Crippen LogP contribution in [-0.4, -0.2) is 53.4 Å². The molecule has 4 N–H and O–H groups in total. The normalized spacial score (nSPS) is 15.3. The molecular formula is C34H33F9N4O4. The van der Waals surface area contributed by atoms with E-state index >= 15 is 0 Å². The molecule has 1 atom stereocenters. The summed E-state index contributed by atoms with van der Waals surface area (Å²) in [4.78, 5) is 28.0. The number of carboxylic acid groups (broad SMARTS) is 1. The lowest BCUT2D eigenvalue weighted by molar-refractivity contribution is -0.146. The largest absolute Gasteiger partial charge is 0.479 e. The van der Waals surface area contributed by atoms with Gasteiger partial charge in [-0.05, 0) is 72.4 Å². The van der Waals surface area contributed by atoms with Crippen molar-refractivity contribution in [1.29, 1.82) is 0 Å². The summed E-state index contributed by atoms with van der Waals surface area (Å²) in [6.45, 7) is -2.76. The molecule has 0 saturated heterocycles. The minimum Gasteiger partial charge on any atom is -0.479 e. The van der Waals surface area contributed by atoms with Gasteiger partial charge < -0.3 is 25.7 Å². The van der Waals surface area contributed by atoms with Crippen molar-refractivity contribution in [2.75, 3.05) is 23.3 Å². The second-order valence-corrected chi connectivity index (χ2v) is 11.9. The van der Waals surface area contributed by atoms with Crippen LogP contribution in [0.3, 0.4) is 0 Å². The number of amides is 1. The topological polar surface area (TPSA) is 114 Å². The number of guanidine groups is 1. The predicted molar refractivity (Wildman–Crippen MR) is 169 cm³/mol. The van der Waals surface area contributed by atoms with Crippen LogP contribution in [0.1, 0.15) is 70.6 Å². The first-order chi connectivity index (χ1) is 23.8. The van der Waals surface area contributed by atoms with E-state index in [0.29, 0.717) is 17.7 Å². The molecule has 1 aliphatic carbocycles. The monoisotopic (exact) mass is 732 g/mol. The van der Waals surface area contributed by atoms with Crippen LogP contribution in [0.2, 0.25) is 0 Å². The third-order valence-electron chi connectivity index (χ3n) is 8.09. The van der Waals surface area contributed by atoms with E-state index in [4.69, 9.17) is 5.11 Å². The number of rotatable bonds is 10. The maximum atomic E-state index is 13.6. The van der Waals surface area contributed by atoms with Crippen LogP contribution < -0.4 is 15.5 Å². The molecule has 4 rings (SSSR count). The number of carbonyl (C=O) groups excluding carboxylic acids is 1. The van der Waals surface area contributed by atoms with Gasteiger partial charge in [-0.2, -0.15) is 39.5 Å². The molecule has 1 aliphatic rings. The Labute approximate surface area is 286 Å². The lowest BCUT2D eigenvalue weighted by Crippen LogP contribution is -2.37. The van der Waals surface area contributed by atoms with Crippen LogP contribution in [-0.2, 0) is 23.7 Å². The van der Waals surface area contributed by atoms with Crippen LogP contribution in [0.25, 0.3) is 0 Å². The number of carboxylic acids is 1. The first-order valence-electron chi connectivity index (χ1n) is 15.6. The molecule has 1 amide bonds. The molecule has 51 heavy (non-hydrogen) atoms. The molecule has 8 nitrogen and oxygen atoms in total. The van der Waals surface area contributed by atoms with Crippen molar-refractivity contribution >= 4 is 29.2 Å². The van der Waals surface area contributed by atoms with E-state index in [-0.39, 0.29) is 29.8 Å². The zero-order valence-electron chi connectivity index (χ0n) is 26.7. The van der Waals surface area contributed by atoms with Gasteiger partial charge in [-0.1, -0.05) is 43.5 Å². The van der Waals surface area contributed by atoms with Crippen molar-refractivity contribution in [3.8, 4) is 0 Å². The molecule has 1 fully saturated rings. The van der Waals surface area contributed by atoms with Crippen molar-refractivity contribution in [2.45, 2.75) is 69.2 Å². The molecule has 0 radical (unpaired) electrons. The Hall–Kier alpha value is -4.80. The summed E-state index contributed by atoms with van der Waals surface area (Å²) in [7, 11) is 0. The van der Waals surface area contributed by atoms with Gasteiger partial charge in [0.25, 0.3) is 5.91 Å². The molecule has 17 heteroatoms. The molecule has 0 unspecified atom stereocenters. The number of aliphatic imine (C=N–C) groups is 1. The van der Waals surface area contributed by atoms with Gasteiger partial charge in [-0.3, -0.25) is 4.79 Å². The minimum absolute atomic E-state index is 0.0208. The zero-order chi connectivity index (χ0) is 37.6. The third kappa shape index (κ3) is 11.4. The van der Waals surface area contributed by atoms with Gasteiger partial charge in [0.15, 0.2) is 6.10 Å². The molecule has 276 valence electrons. The minimum atomic E-state index is -5.23. The first-order valence-corrected chi connectivity index (χ1v) is 15.6. The van der Waals surface area contributed by atoms with E-state index in [0.717, 1.165) is 42.6 Å². The Morgan fingerprint density at radius 3 is 1.90 bits per heavy atom. The lowest BCUT2D eigenvalue weighted by Gasteiger charge is -2.29. The molecule has 0 spiro atoms. The molecule has 0 aromatic heterocycles. The Bertz CT molecular complexity index is 1650. The SMILES string of the molecule is O=C(NC[C@@H](O)C(=O)O)c1ccc(CN(C(=NCC(F)(F)F)Nc2cc(C(F)(F)F)cc(C(F)(F)F)c2)c2ccc(C3CCCCC3)cc2)cc1. The second kappa shape index (κ2) is 16.0. The molecule has 1 saturated carbocycles. The fourth-order valence-electron chi connectivity index (χ4n) is 5.49. The highest BCUT2D eigenvalue weighted by Crippen LogP contribution is 2.38. The maximum absolute atomic E-state index is 13.6.